The molecule has 2 amide bonds. The van der Waals surface area contributed by atoms with E-state index in [9.17, 15) is 31.5 Å². The molecule has 0 saturated heterocycles. The molecule has 0 aliphatic carbocycles. The molecule has 0 radical (unpaired) electrons. The number of aromatic nitrogens is 1. The maximum atomic E-state index is 14.9. The van der Waals surface area contributed by atoms with Crippen molar-refractivity contribution >= 4 is 34.4 Å². The molecule has 0 spiro atoms. The van der Waals surface area contributed by atoms with Gasteiger partial charge >= 0.3 is 6.18 Å². The maximum absolute atomic E-state index is 14.9. The molecular weight excluding hydrogens is 509 g/mol. The summed E-state index contributed by atoms with van der Waals surface area (Å²) in [5, 5.41) is 4.89. The summed E-state index contributed by atoms with van der Waals surface area (Å²) in [5.74, 6) is -3.92. The molecule has 36 heavy (non-hydrogen) atoms. The number of nitrogens with two attached hydrogens (primary N) is 1. The van der Waals surface area contributed by atoms with Crippen molar-refractivity contribution < 1.29 is 36.3 Å². The summed E-state index contributed by atoms with van der Waals surface area (Å²) < 4.78 is 69.7. The van der Waals surface area contributed by atoms with Crippen LogP contribution in [-0.2, 0) is 10.3 Å². The van der Waals surface area contributed by atoms with Crippen LogP contribution >= 0.6 is 11.8 Å². The topological polar surface area (TPSA) is 119 Å². The van der Waals surface area contributed by atoms with Gasteiger partial charge in [-0.25, -0.2) is 13.8 Å². The van der Waals surface area contributed by atoms with Gasteiger partial charge in [0.25, 0.3) is 5.91 Å². The number of nitrogens with zero attached hydrogens (tertiary/aromatic N) is 2. The monoisotopic (exact) mass is 531 g/mol. The van der Waals surface area contributed by atoms with Crippen molar-refractivity contribution in [3.63, 3.8) is 0 Å². The molecule has 1 aliphatic rings. The second-order valence-corrected chi connectivity index (χ2v) is 9.89. The summed E-state index contributed by atoms with van der Waals surface area (Å²) in [6.07, 6.45) is -3.64. The van der Waals surface area contributed by atoms with Gasteiger partial charge in [-0.3, -0.25) is 14.6 Å². The number of ether oxygens (including phenoxy) is 1. The lowest BCUT2D eigenvalue weighted by atomic mass is 9.82. The van der Waals surface area contributed by atoms with Crippen LogP contribution in [0.4, 0.5) is 27.6 Å². The number of amidine groups is 1. The highest BCUT2D eigenvalue weighted by molar-refractivity contribution is 8.15. The summed E-state index contributed by atoms with van der Waals surface area (Å²) in [4.78, 5) is 33.0. The van der Waals surface area contributed by atoms with Crippen LogP contribution < -0.4 is 21.1 Å². The lowest BCUT2D eigenvalue weighted by Crippen LogP contribution is -2.49. The smallest absolute Gasteiger partial charge is 0.422 e. The molecule has 1 aliphatic heterocycles. The van der Waals surface area contributed by atoms with E-state index in [0.29, 0.717) is 0 Å². The van der Waals surface area contributed by atoms with Crippen LogP contribution in [0.3, 0.4) is 0 Å². The fourth-order valence-electron chi connectivity index (χ4n) is 3.79. The van der Waals surface area contributed by atoms with E-state index in [2.05, 4.69) is 25.3 Å². The lowest BCUT2D eigenvalue weighted by Gasteiger charge is -2.40. The molecule has 1 aromatic heterocycles. The maximum Gasteiger partial charge on any atom is 0.422 e. The first-order valence-corrected chi connectivity index (χ1v) is 11.2. The lowest BCUT2D eigenvalue weighted by molar-refractivity contribution is -0.153. The fourth-order valence-corrected chi connectivity index (χ4v) is 5.05. The van der Waals surface area contributed by atoms with Crippen LogP contribution in [0.15, 0.2) is 35.5 Å². The standard InChI is InChI=1S/C22H22F5N5O3S/c1-20(9-21(2,18(34)29-3)36-19(28)32-20)13-6-11(7-14(23)16(13)24)31-17(33)15-5-4-12(8-30-15)35-10-22(25,26)27/h4-8H,9-10H2,1-3H3,(H2,28,32)(H,29,34)(H,31,33)/t20-,21+/m0/s1. The van der Waals surface area contributed by atoms with Crippen molar-refractivity contribution in [1.82, 2.24) is 10.3 Å². The van der Waals surface area contributed by atoms with Gasteiger partial charge < -0.3 is 21.1 Å². The third kappa shape index (κ3) is 6.04. The minimum atomic E-state index is -4.54. The van der Waals surface area contributed by atoms with E-state index in [-0.39, 0.29) is 40.2 Å². The van der Waals surface area contributed by atoms with E-state index in [0.717, 1.165) is 36.2 Å². The van der Waals surface area contributed by atoms with Gasteiger partial charge in [-0.15, -0.1) is 0 Å². The zero-order valence-electron chi connectivity index (χ0n) is 19.3. The van der Waals surface area contributed by atoms with Crippen molar-refractivity contribution in [2.75, 3.05) is 19.0 Å². The van der Waals surface area contributed by atoms with Crippen LogP contribution in [0.2, 0.25) is 0 Å². The highest BCUT2D eigenvalue weighted by Gasteiger charge is 2.47. The van der Waals surface area contributed by atoms with Gasteiger partial charge in [-0.2, -0.15) is 13.2 Å². The first-order valence-electron chi connectivity index (χ1n) is 10.4. The Morgan fingerprint density at radius 3 is 2.50 bits per heavy atom. The van der Waals surface area contributed by atoms with E-state index >= 15 is 0 Å². The minimum absolute atomic E-state index is 0.00104. The number of benzene rings is 1. The first-order chi connectivity index (χ1) is 16.7. The van der Waals surface area contributed by atoms with E-state index in [4.69, 9.17) is 5.73 Å². The number of nitrogens with one attached hydrogen (secondary N) is 2. The SMILES string of the molecule is CNC(=O)[C@@]1(C)C[C@@](C)(c2cc(NC(=O)c3ccc(OCC(F)(F)F)cn3)cc(F)c2F)N=C(N)S1. The average Bonchev–Trinajstić information content (AvgIpc) is 2.78. The zero-order chi connectivity index (χ0) is 26.9. The largest absolute Gasteiger partial charge is 0.483 e. The van der Waals surface area contributed by atoms with Gasteiger partial charge in [0, 0.05) is 30.8 Å². The Morgan fingerprint density at radius 1 is 1.22 bits per heavy atom. The van der Waals surface area contributed by atoms with Crippen molar-refractivity contribution in [1.29, 1.82) is 0 Å². The number of amides is 2. The number of hydrogen-bond donors (Lipinski definition) is 3. The normalized spacial score (nSPS) is 21.9. The second-order valence-electron chi connectivity index (χ2n) is 8.37. The van der Waals surface area contributed by atoms with Crippen LogP contribution in [0.1, 0.15) is 36.3 Å². The van der Waals surface area contributed by atoms with Gasteiger partial charge in [0.05, 0.1) is 11.7 Å². The number of pyridine rings is 1. The van der Waals surface area contributed by atoms with Crippen LogP contribution in [0.5, 0.6) is 5.75 Å². The number of rotatable bonds is 6. The number of alkyl halides is 3. The Kier molecular flexibility index (Phi) is 7.48. The summed E-state index contributed by atoms with van der Waals surface area (Å²) >= 11 is 0.995. The summed E-state index contributed by atoms with van der Waals surface area (Å²) in [7, 11) is 1.44. The van der Waals surface area contributed by atoms with E-state index in [1.165, 1.54) is 20.0 Å². The van der Waals surface area contributed by atoms with Crippen molar-refractivity contribution in [2.45, 2.75) is 36.7 Å². The number of hydrogen-bond acceptors (Lipinski definition) is 7. The highest BCUT2D eigenvalue weighted by Crippen LogP contribution is 2.46. The molecule has 0 fully saturated rings. The molecule has 0 unspecified atom stereocenters. The molecule has 1 aromatic carbocycles. The Balaban J connectivity index is 1.87. The molecule has 2 atom stereocenters. The quantitative estimate of drug-likeness (QED) is 0.489. The third-order valence-corrected chi connectivity index (χ3v) is 6.39. The molecule has 3 rings (SSSR count). The van der Waals surface area contributed by atoms with E-state index < -0.39 is 40.6 Å². The fraction of sp³-hybridized carbons (Fsp3) is 0.364. The Morgan fingerprint density at radius 2 is 1.92 bits per heavy atom. The molecular formula is C22H22F5N5O3S. The highest BCUT2D eigenvalue weighted by atomic mass is 32.2. The van der Waals surface area contributed by atoms with Gasteiger partial charge in [0.2, 0.25) is 5.91 Å². The zero-order valence-corrected chi connectivity index (χ0v) is 20.1. The van der Waals surface area contributed by atoms with Crippen LogP contribution in [-0.4, -0.2) is 46.5 Å². The Bertz CT molecular complexity index is 1210. The second kappa shape index (κ2) is 9.91. The number of halogens is 5. The van der Waals surface area contributed by atoms with Crippen molar-refractivity contribution in [3.05, 3.63) is 53.4 Å². The average molecular weight is 532 g/mol. The molecule has 14 heteroatoms. The van der Waals surface area contributed by atoms with Crippen molar-refractivity contribution in [2.24, 2.45) is 10.7 Å². The molecule has 0 saturated carbocycles. The summed E-state index contributed by atoms with van der Waals surface area (Å²) in [6.45, 7) is 1.57. The minimum Gasteiger partial charge on any atom is -0.483 e. The summed E-state index contributed by atoms with van der Waals surface area (Å²) in [5.41, 5.74) is 3.89. The van der Waals surface area contributed by atoms with Crippen LogP contribution in [0, 0.1) is 11.6 Å². The predicted octanol–water partition coefficient (Wildman–Crippen LogP) is 3.72. The Hall–Kier alpha value is -3.42. The predicted molar refractivity (Wildman–Crippen MR) is 124 cm³/mol. The third-order valence-electron chi connectivity index (χ3n) is 5.31. The van der Waals surface area contributed by atoms with Gasteiger partial charge in [0.1, 0.15) is 16.2 Å². The number of anilines is 1. The van der Waals surface area contributed by atoms with Gasteiger partial charge in [0.15, 0.2) is 23.4 Å². The van der Waals surface area contributed by atoms with Gasteiger partial charge in [-0.1, -0.05) is 11.8 Å². The Labute approximate surface area is 206 Å². The number of thioether (sulfide) groups is 1. The molecule has 194 valence electrons. The first kappa shape index (κ1) is 27.2. The molecule has 2 aromatic rings. The van der Waals surface area contributed by atoms with Gasteiger partial charge in [-0.05, 0) is 32.0 Å². The number of aliphatic imine (C=N–C) groups is 1. The van der Waals surface area contributed by atoms with E-state index in [1.54, 1.807) is 6.92 Å². The number of carbonyl (C=O) groups is 2. The molecule has 0 bridgehead atoms. The number of carbonyl (C=O) groups excluding carboxylic acids is 2. The molecule has 4 N–H and O–H groups in total. The summed E-state index contributed by atoms with van der Waals surface area (Å²) in [6, 6.07) is 4.15. The van der Waals surface area contributed by atoms with Crippen molar-refractivity contribution in [3.8, 4) is 5.75 Å². The molecule has 8 nitrogen and oxygen atoms in total. The van der Waals surface area contributed by atoms with E-state index in [1.807, 2.05) is 0 Å². The molecule has 2 heterocycles. The van der Waals surface area contributed by atoms with Crippen LogP contribution in [0.25, 0.3) is 0 Å².